The van der Waals surface area contributed by atoms with Gasteiger partial charge < -0.3 is 0 Å². The van der Waals surface area contributed by atoms with Crippen molar-refractivity contribution in [2.45, 2.75) is 25.8 Å². The third kappa shape index (κ3) is 2.14. The summed E-state index contributed by atoms with van der Waals surface area (Å²) in [5.41, 5.74) is 0. The first kappa shape index (κ1) is 11.2. The number of halogens is 5. The lowest BCUT2D eigenvalue weighted by atomic mass is 10.3. The van der Waals surface area contributed by atoms with E-state index in [1.807, 2.05) is 0 Å². The number of hydrogen-bond donors (Lipinski definition) is 0. The van der Waals surface area contributed by atoms with Crippen molar-refractivity contribution in [2.24, 2.45) is 0 Å². The molecule has 0 atom stereocenters. The molecule has 1 aromatic heterocycles. The van der Waals surface area contributed by atoms with Crippen LogP contribution >= 0.6 is 11.6 Å². The van der Waals surface area contributed by atoms with Gasteiger partial charge in [0.1, 0.15) is 5.82 Å². The molecule has 0 aliphatic carbocycles. The summed E-state index contributed by atoms with van der Waals surface area (Å²) in [7, 11) is 0. The zero-order valence-corrected chi connectivity index (χ0v) is 7.77. The van der Waals surface area contributed by atoms with Crippen molar-refractivity contribution in [1.82, 2.24) is 14.8 Å². The maximum Gasteiger partial charge on any atom is 0.325 e. The topological polar surface area (TPSA) is 30.7 Å². The van der Waals surface area contributed by atoms with Gasteiger partial charge in [-0.15, -0.1) is 10.2 Å². The first-order valence-electron chi connectivity index (χ1n) is 3.56. The molecule has 14 heavy (non-hydrogen) atoms. The van der Waals surface area contributed by atoms with Crippen LogP contribution in [0.1, 0.15) is 5.82 Å². The van der Waals surface area contributed by atoms with Crippen LogP contribution < -0.4 is 0 Å². The summed E-state index contributed by atoms with van der Waals surface area (Å²) in [5, 5.41) is 6.29. The van der Waals surface area contributed by atoms with Gasteiger partial charge in [0.2, 0.25) is 5.28 Å². The molecule has 0 aliphatic rings. The van der Waals surface area contributed by atoms with Crippen LogP contribution in [-0.4, -0.2) is 27.1 Å². The molecular weight excluding hydrogens is 226 g/mol. The molecule has 0 radical (unpaired) electrons. The van der Waals surface area contributed by atoms with E-state index in [0.29, 0.717) is 0 Å². The average molecular weight is 232 g/mol. The Bertz CT molecular complexity index is 305. The van der Waals surface area contributed by atoms with Crippen LogP contribution in [0.3, 0.4) is 0 Å². The van der Waals surface area contributed by atoms with Crippen molar-refractivity contribution in [1.29, 1.82) is 0 Å². The molecule has 0 saturated carbocycles. The minimum absolute atomic E-state index is 0.0651. The highest BCUT2D eigenvalue weighted by Gasteiger charge is 2.41. The molecule has 0 amide bonds. The molecule has 1 aromatic rings. The van der Waals surface area contributed by atoms with Crippen LogP contribution in [0.5, 0.6) is 0 Å². The van der Waals surface area contributed by atoms with Crippen LogP contribution in [0.25, 0.3) is 0 Å². The number of aryl methyl sites for hydroxylation is 1. The first-order valence-corrected chi connectivity index (χ1v) is 3.93. The molecule has 0 N–H and O–H groups in total. The predicted octanol–water partition coefficient (Wildman–Crippen LogP) is 2.14. The molecule has 1 rings (SSSR count). The van der Waals surface area contributed by atoms with Crippen LogP contribution in [0.4, 0.5) is 17.6 Å². The molecule has 0 saturated heterocycles. The van der Waals surface area contributed by atoms with Crippen molar-refractivity contribution in [3.63, 3.8) is 0 Å². The average Bonchev–Trinajstić information content (AvgIpc) is 2.35. The zero-order valence-electron chi connectivity index (χ0n) is 7.02. The van der Waals surface area contributed by atoms with Gasteiger partial charge in [-0.05, 0) is 18.5 Å². The van der Waals surface area contributed by atoms with E-state index in [1.54, 1.807) is 0 Å². The standard InChI is InChI=1S/C6H6ClF4N3/c1-3-12-13-5(7)14(3)2-6(10,11)4(8)9/h4H,2H2,1H3. The van der Waals surface area contributed by atoms with E-state index in [2.05, 4.69) is 10.2 Å². The molecule has 0 unspecified atom stereocenters. The second-order valence-electron chi connectivity index (χ2n) is 2.66. The Kier molecular flexibility index (Phi) is 2.98. The quantitative estimate of drug-likeness (QED) is 0.747. The fourth-order valence-electron chi connectivity index (χ4n) is 0.815. The van der Waals surface area contributed by atoms with Crippen LogP contribution in [0.15, 0.2) is 0 Å². The molecular formula is C6H6ClF4N3. The zero-order chi connectivity index (χ0) is 10.9. The van der Waals surface area contributed by atoms with Crippen LogP contribution in [-0.2, 0) is 6.54 Å². The summed E-state index contributed by atoms with van der Waals surface area (Å²) < 4.78 is 49.5. The molecule has 0 aromatic carbocycles. The lowest BCUT2D eigenvalue weighted by Crippen LogP contribution is -2.32. The maximum absolute atomic E-state index is 12.6. The molecule has 1 heterocycles. The molecule has 3 nitrogen and oxygen atoms in total. The highest BCUT2D eigenvalue weighted by Crippen LogP contribution is 2.26. The first-order chi connectivity index (χ1) is 6.34. The Morgan fingerprint density at radius 3 is 2.36 bits per heavy atom. The molecule has 8 heteroatoms. The SMILES string of the molecule is Cc1nnc(Cl)n1CC(F)(F)C(F)F. The van der Waals surface area contributed by atoms with Gasteiger partial charge in [-0.2, -0.15) is 8.78 Å². The van der Waals surface area contributed by atoms with Crippen LogP contribution in [0.2, 0.25) is 5.28 Å². The maximum atomic E-state index is 12.6. The highest BCUT2D eigenvalue weighted by molar-refractivity contribution is 6.28. The molecule has 0 fully saturated rings. The van der Waals surface area contributed by atoms with E-state index in [0.717, 1.165) is 4.57 Å². The normalized spacial score (nSPS) is 12.5. The van der Waals surface area contributed by atoms with E-state index in [-0.39, 0.29) is 11.1 Å². The number of aromatic nitrogens is 3. The Morgan fingerprint density at radius 2 is 2.00 bits per heavy atom. The minimum Gasteiger partial charge on any atom is -0.296 e. The number of hydrogen-bond acceptors (Lipinski definition) is 2. The van der Waals surface area contributed by atoms with Crippen LogP contribution in [0, 0.1) is 6.92 Å². The molecule has 0 spiro atoms. The number of nitrogens with zero attached hydrogens (tertiary/aromatic N) is 3. The van der Waals surface area contributed by atoms with Gasteiger partial charge in [0, 0.05) is 0 Å². The lowest BCUT2D eigenvalue weighted by Gasteiger charge is -2.16. The third-order valence-electron chi connectivity index (χ3n) is 1.58. The smallest absolute Gasteiger partial charge is 0.296 e. The summed E-state index contributed by atoms with van der Waals surface area (Å²) in [4.78, 5) is 0. The Labute approximate surface area is 81.7 Å². The summed E-state index contributed by atoms with van der Waals surface area (Å²) in [6.45, 7) is 0.128. The second-order valence-corrected chi connectivity index (χ2v) is 3.00. The van der Waals surface area contributed by atoms with Gasteiger partial charge in [-0.25, -0.2) is 8.78 Å². The van der Waals surface area contributed by atoms with Crippen molar-refractivity contribution in [2.75, 3.05) is 0 Å². The van der Waals surface area contributed by atoms with E-state index >= 15 is 0 Å². The van der Waals surface area contributed by atoms with Gasteiger partial charge in [0.05, 0.1) is 6.54 Å². The van der Waals surface area contributed by atoms with Gasteiger partial charge in [0.15, 0.2) is 0 Å². The summed E-state index contributed by atoms with van der Waals surface area (Å²) in [6, 6.07) is 0. The number of rotatable bonds is 3. The van der Waals surface area contributed by atoms with Gasteiger partial charge in [-0.3, -0.25) is 4.57 Å². The Hall–Kier alpha value is -0.850. The summed E-state index contributed by atoms with van der Waals surface area (Å²) >= 11 is 5.37. The van der Waals surface area contributed by atoms with Crippen molar-refractivity contribution in [3.05, 3.63) is 11.1 Å². The van der Waals surface area contributed by atoms with Crippen molar-refractivity contribution < 1.29 is 17.6 Å². The molecule has 0 bridgehead atoms. The van der Waals surface area contributed by atoms with E-state index < -0.39 is 18.9 Å². The summed E-state index contributed by atoms with van der Waals surface area (Å²) in [5.74, 6) is -4.06. The largest absolute Gasteiger partial charge is 0.325 e. The van der Waals surface area contributed by atoms with Crippen molar-refractivity contribution >= 4 is 11.6 Å². The molecule has 80 valence electrons. The second kappa shape index (κ2) is 3.72. The van der Waals surface area contributed by atoms with E-state index in [4.69, 9.17) is 11.6 Å². The fourth-order valence-corrected chi connectivity index (χ4v) is 1.03. The van der Waals surface area contributed by atoms with Gasteiger partial charge in [0.25, 0.3) is 0 Å². The Balaban J connectivity index is 2.88. The Morgan fingerprint density at radius 1 is 1.43 bits per heavy atom. The van der Waals surface area contributed by atoms with Crippen molar-refractivity contribution in [3.8, 4) is 0 Å². The van der Waals surface area contributed by atoms with E-state index in [9.17, 15) is 17.6 Å². The predicted molar refractivity (Wildman–Crippen MR) is 40.7 cm³/mol. The molecule has 0 aliphatic heterocycles. The minimum atomic E-state index is -4.13. The van der Waals surface area contributed by atoms with Gasteiger partial charge >= 0.3 is 12.3 Å². The van der Waals surface area contributed by atoms with E-state index in [1.165, 1.54) is 6.92 Å². The fraction of sp³-hybridized carbons (Fsp3) is 0.667. The lowest BCUT2D eigenvalue weighted by molar-refractivity contribution is -0.138. The number of alkyl halides is 4. The highest BCUT2D eigenvalue weighted by atomic mass is 35.5. The van der Waals surface area contributed by atoms with Gasteiger partial charge in [-0.1, -0.05) is 0 Å². The third-order valence-corrected chi connectivity index (χ3v) is 1.86. The monoisotopic (exact) mass is 231 g/mol. The summed E-state index contributed by atoms with van der Waals surface area (Å²) in [6.07, 6.45) is -3.74.